The van der Waals surface area contributed by atoms with Crippen LogP contribution in [0.4, 0.5) is 11.4 Å². The van der Waals surface area contributed by atoms with Crippen molar-refractivity contribution in [1.29, 1.82) is 0 Å². The van der Waals surface area contributed by atoms with Gasteiger partial charge in [-0.1, -0.05) is 48.5 Å². The highest BCUT2D eigenvalue weighted by atomic mass is 16.5. The number of hydrogen-bond donors (Lipinski definition) is 2. The van der Waals surface area contributed by atoms with Crippen LogP contribution < -0.4 is 20.1 Å². The first-order valence-electron chi connectivity index (χ1n) is 11.6. The highest BCUT2D eigenvalue weighted by molar-refractivity contribution is 5.96. The molecule has 0 saturated heterocycles. The minimum atomic E-state index is -0.358. The van der Waals surface area contributed by atoms with Crippen molar-refractivity contribution in [3.8, 4) is 23.0 Å². The zero-order chi connectivity index (χ0) is 25.5. The van der Waals surface area contributed by atoms with E-state index in [-0.39, 0.29) is 25.0 Å². The number of aromatic nitrogens is 1. The van der Waals surface area contributed by atoms with E-state index in [4.69, 9.17) is 13.9 Å². The van der Waals surface area contributed by atoms with Crippen LogP contribution in [0.1, 0.15) is 0 Å². The summed E-state index contributed by atoms with van der Waals surface area (Å²) in [5.41, 5.74) is 2.80. The number of para-hydroxylation sites is 4. The van der Waals surface area contributed by atoms with Gasteiger partial charge in [0.25, 0.3) is 11.8 Å². The number of amides is 2. The van der Waals surface area contributed by atoms with Crippen LogP contribution in [0.25, 0.3) is 22.6 Å². The van der Waals surface area contributed by atoms with Crippen molar-refractivity contribution >= 4 is 34.3 Å². The summed E-state index contributed by atoms with van der Waals surface area (Å²) in [6, 6.07) is 30.6. The number of benzene rings is 4. The molecule has 0 fully saturated rings. The second-order valence-corrected chi connectivity index (χ2v) is 8.09. The summed E-state index contributed by atoms with van der Waals surface area (Å²) in [7, 11) is 0. The van der Waals surface area contributed by atoms with Crippen LogP contribution in [-0.2, 0) is 9.59 Å². The summed E-state index contributed by atoms with van der Waals surface area (Å²) in [5, 5.41) is 5.62. The van der Waals surface area contributed by atoms with Crippen LogP contribution in [0, 0.1) is 0 Å². The van der Waals surface area contributed by atoms with Crippen molar-refractivity contribution in [2.75, 3.05) is 23.8 Å². The summed E-state index contributed by atoms with van der Waals surface area (Å²) in [5.74, 6) is 0.814. The van der Waals surface area contributed by atoms with Gasteiger partial charge in [0.15, 0.2) is 18.8 Å². The van der Waals surface area contributed by atoms with Crippen LogP contribution in [0.2, 0.25) is 0 Å². The number of nitrogens with one attached hydrogen (secondary N) is 2. The molecule has 0 atom stereocenters. The zero-order valence-electron chi connectivity index (χ0n) is 19.7. The normalized spacial score (nSPS) is 10.6. The van der Waals surface area contributed by atoms with E-state index in [0.29, 0.717) is 45.4 Å². The smallest absolute Gasteiger partial charge is 0.262 e. The second kappa shape index (κ2) is 11.1. The SMILES string of the molecule is O=C(COc1ccccc1)Nc1cc(NC(=O)COc2ccccc2)cc(-c2nc3ccccc3o2)c1. The van der Waals surface area contributed by atoms with E-state index in [1.165, 1.54) is 0 Å². The van der Waals surface area contributed by atoms with E-state index >= 15 is 0 Å². The highest BCUT2D eigenvalue weighted by Crippen LogP contribution is 2.29. The number of nitrogens with zero attached hydrogens (tertiary/aromatic N) is 1. The van der Waals surface area contributed by atoms with Crippen molar-refractivity contribution < 1.29 is 23.5 Å². The third kappa shape index (κ3) is 6.32. The molecule has 1 heterocycles. The molecule has 4 aromatic carbocycles. The summed E-state index contributed by atoms with van der Waals surface area (Å²) in [6.07, 6.45) is 0. The molecule has 2 N–H and O–H groups in total. The van der Waals surface area contributed by atoms with Gasteiger partial charge in [0, 0.05) is 16.9 Å². The molecule has 0 spiro atoms. The van der Waals surface area contributed by atoms with Crippen LogP contribution in [-0.4, -0.2) is 30.0 Å². The maximum Gasteiger partial charge on any atom is 0.262 e. The van der Waals surface area contributed by atoms with Crippen molar-refractivity contribution in [3.63, 3.8) is 0 Å². The first kappa shape index (κ1) is 23.6. The van der Waals surface area contributed by atoms with Crippen molar-refractivity contribution in [3.05, 3.63) is 103 Å². The molecule has 0 aliphatic rings. The Morgan fingerprint density at radius 1 is 0.676 bits per heavy atom. The molecule has 5 rings (SSSR count). The number of hydrogen-bond acceptors (Lipinski definition) is 6. The molecule has 5 aromatic rings. The van der Waals surface area contributed by atoms with Crippen LogP contribution in [0.15, 0.2) is 108 Å². The molecule has 0 saturated carbocycles. The summed E-state index contributed by atoms with van der Waals surface area (Å²) >= 11 is 0. The molecule has 0 bridgehead atoms. The maximum absolute atomic E-state index is 12.6. The van der Waals surface area contributed by atoms with Gasteiger partial charge in [-0.25, -0.2) is 4.98 Å². The summed E-state index contributed by atoms with van der Waals surface area (Å²) in [6.45, 7) is -0.354. The molecule has 2 amide bonds. The van der Waals surface area contributed by atoms with Crippen LogP contribution in [0.5, 0.6) is 11.5 Å². The fraction of sp³-hybridized carbons (Fsp3) is 0.0690. The largest absolute Gasteiger partial charge is 0.484 e. The van der Waals surface area contributed by atoms with Gasteiger partial charge in [-0.15, -0.1) is 0 Å². The van der Waals surface area contributed by atoms with Gasteiger partial charge in [-0.3, -0.25) is 9.59 Å². The van der Waals surface area contributed by atoms with E-state index < -0.39 is 0 Å². The molecule has 0 aliphatic carbocycles. The number of carbonyl (C=O) groups excluding carboxylic acids is 2. The quantitative estimate of drug-likeness (QED) is 0.280. The summed E-state index contributed by atoms with van der Waals surface area (Å²) in [4.78, 5) is 29.7. The Hall–Kier alpha value is -5.11. The second-order valence-electron chi connectivity index (χ2n) is 8.09. The first-order chi connectivity index (χ1) is 18.1. The van der Waals surface area contributed by atoms with Gasteiger partial charge in [-0.05, 0) is 54.6 Å². The number of rotatable bonds is 9. The Morgan fingerprint density at radius 2 is 1.19 bits per heavy atom. The monoisotopic (exact) mass is 493 g/mol. The highest BCUT2D eigenvalue weighted by Gasteiger charge is 2.14. The molecule has 0 radical (unpaired) electrons. The number of oxazole rings is 1. The Labute approximate surface area is 212 Å². The van der Waals surface area contributed by atoms with Gasteiger partial charge in [0.1, 0.15) is 17.0 Å². The van der Waals surface area contributed by atoms with Gasteiger partial charge in [0.05, 0.1) is 0 Å². The first-order valence-corrected chi connectivity index (χ1v) is 11.6. The van der Waals surface area contributed by atoms with Crippen LogP contribution >= 0.6 is 0 Å². The van der Waals surface area contributed by atoms with Gasteiger partial charge in [-0.2, -0.15) is 0 Å². The average Bonchev–Trinajstić information content (AvgIpc) is 3.36. The average molecular weight is 494 g/mol. The maximum atomic E-state index is 12.6. The topological polar surface area (TPSA) is 103 Å². The van der Waals surface area contributed by atoms with E-state index in [9.17, 15) is 9.59 Å². The molecule has 1 aromatic heterocycles. The molecule has 0 unspecified atom stereocenters. The lowest BCUT2D eigenvalue weighted by atomic mass is 10.1. The van der Waals surface area contributed by atoms with E-state index in [1.54, 1.807) is 42.5 Å². The molecular formula is C29H23N3O5. The minimum Gasteiger partial charge on any atom is -0.484 e. The lowest BCUT2D eigenvalue weighted by Crippen LogP contribution is -2.21. The van der Waals surface area contributed by atoms with Crippen LogP contribution in [0.3, 0.4) is 0 Å². The number of fused-ring (bicyclic) bond motifs is 1. The fourth-order valence-corrected chi connectivity index (χ4v) is 3.62. The number of anilines is 2. The lowest BCUT2D eigenvalue weighted by Gasteiger charge is -2.12. The Balaban J connectivity index is 1.34. The van der Waals surface area contributed by atoms with Crippen molar-refractivity contribution in [2.45, 2.75) is 0 Å². The van der Waals surface area contributed by atoms with Crippen molar-refractivity contribution in [2.24, 2.45) is 0 Å². The molecule has 37 heavy (non-hydrogen) atoms. The summed E-state index contributed by atoms with van der Waals surface area (Å²) < 4.78 is 17.0. The molecule has 8 nitrogen and oxygen atoms in total. The minimum absolute atomic E-state index is 0.177. The predicted octanol–water partition coefficient (Wildman–Crippen LogP) is 5.53. The Morgan fingerprint density at radius 3 is 1.73 bits per heavy atom. The molecular weight excluding hydrogens is 470 g/mol. The Bertz CT molecular complexity index is 1410. The predicted molar refractivity (Wildman–Crippen MR) is 141 cm³/mol. The Kier molecular flexibility index (Phi) is 7.08. The van der Waals surface area contributed by atoms with Gasteiger partial charge < -0.3 is 24.5 Å². The van der Waals surface area contributed by atoms with E-state index in [0.717, 1.165) is 0 Å². The number of ether oxygens (including phenoxy) is 2. The molecule has 8 heteroatoms. The zero-order valence-corrected chi connectivity index (χ0v) is 19.7. The van der Waals surface area contributed by atoms with E-state index in [2.05, 4.69) is 15.6 Å². The third-order valence-corrected chi connectivity index (χ3v) is 5.27. The lowest BCUT2D eigenvalue weighted by molar-refractivity contribution is -0.118. The fourth-order valence-electron chi connectivity index (χ4n) is 3.62. The number of carbonyl (C=O) groups is 2. The third-order valence-electron chi connectivity index (χ3n) is 5.27. The van der Waals surface area contributed by atoms with Gasteiger partial charge in [0.2, 0.25) is 5.89 Å². The van der Waals surface area contributed by atoms with Gasteiger partial charge >= 0.3 is 0 Å². The standard InChI is InChI=1S/C29H23N3O5/c33-27(18-35-23-9-3-1-4-10-23)30-21-15-20(29-32-25-13-7-8-14-26(25)37-29)16-22(17-21)31-28(34)19-36-24-11-5-2-6-12-24/h1-17H,18-19H2,(H,30,33)(H,31,34). The molecule has 184 valence electrons. The van der Waals surface area contributed by atoms with Crippen molar-refractivity contribution in [1.82, 2.24) is 4.98 Å². The molecule has 0 aliphatic heterocycles. The van der Waals surface area contributed by atoms with E-state index in [1.807, 2.05) is 60.7 Å².